The number of hydrogen-bond donors (Lipinski definition) is 0. The average Bonchev–Trinajstić information content (AvgIpc) is 2.95. The van der Waals surface area contributed by atoms with Gasteiger partial charge in [0, 0.05) is 0 Å². The van der Waals surface area contributed by atoms with Crippen molar-refractivity contribution in [1.29, 1.82) is 0 Å². The van der Waals surface area contributed by atoms with Crippen LogP contribution >= 0.6 is 37.2 Å². The molecule has 0 aromatic rings. The molecule has 2 aliphatic carbocycles. The molecule has 2 aliphatic rings. The molecule has 0 heterocycles. The fraction of sp³-hybridized carbons (Fsp3) is 0.529. The molecule has 0 N–H and O–H groups in total. The molecular formula is C17H32Cl3Si2V. The summed E-state index contributed by atoms with van der Waals surface area (Å²) in [5, 5.41) is 3.55. The Kier molecular flexibility index (Phi) is 10.8. The third kappa shape index (κ3) is 5.95. The van der Waals surface area contributed by atoms with Gasteiger partial charge in [-0.1, -0.05) is 0 Å². The van der Waals surface area contributed by atoms with Gasteiger partial charge in [0.25, 0.3) is 0 Å². The van der Waals surface area contributed by atoms with Gasteiger partial charge in [-0.3, -0.25) is 0 Å². The summed E-state index contributed by atoms with van der Waals surface area (Å²) in [5.74, 6) is 0. The van der Waals surface area contributed by atoms with Crippen molar-refractivity contribution in [3.63, 3.8) is 0 Å². The third-order valence-corrected chi connectivity index (χ3v) is 12.9. The van der Waals surface area contributed by atoms with E-state index in [2.05, 4.69) is 69.2 Å². The molecule has 0 fully saturated rings. The molecule has 0 saturated heterocycles. The maximum absolute atomic E-state index is 2.60. The zero-order valence-electron chi connectivity index (χ0n) is 15.4. The molecule has 0 aromatic carbocycles. The van der Waals surface area contributed by atoms with E-state index < -0.39 is 31.3 Å². The first-order chi connectivity index (χ1) is 9.12. The van der Waals surface area contributed by atoms with Gasteiger partial charge in [-0.25, -0.2) is 0 Å². The molecule has 6 heteroatoms. The van der Waals surface area contributed by atoms with Crippen LogP contribution in [0.3, 0.4) is 0 Å². The predicted molar refractivity (Wildman–Crippen MR) is 116 cm³/mol. The molecular weight excluding hydrogens is 418 g/mol. The van der Waals surface area contributed by atoms with E-state index in [0.717, 1.165) is 0 Å². The van der Waals surface area contributed by atoms with Crippen LogP contribution in [0.25, 0.3) is 0 Å². The number of allylic oxidation sites excluding steroid dienone is 8. The molecule has 0 spiro atoms. The van der Waals surface area contributed by atoms with E-state index in [-0.39, 0.29) is 37.2 Å². The second-order valence-corrected chi connectivity index (χ2v) is 21.5. The molecule has 2 rings (SSSR count). The van der Waals surface area contributed by atoms with E-state index in [9.17, 15) is 0 Å². The summed E-state index contributed by atoms with van der Waals surface area (Å²) in [6, 6.07) is 0. The van der Waals surface area contributed by atoms with E-state index in [1.807, 2.05) is 8.57 Å². The van der Waals surface area contributed by atoms with Gasteiger partial charge in [-0.05, 0) is 0 Å². The van der Waals surface area contributed by atoms with Gasteiger partial charge >= 0.3 is 132 Å². The first-order valence-corrected chi connectivity index (χ1v) is 17.5. The van der Waals surface area contributed by atoms with Crippen LogP contribution in [0.5, 0.6) is 0 Å². The van der Waals surface area contributed by atoms with Gasteiger partial charge in [-0.15, -0.1) is 37.2 Å². The molecule has 0 unspecified atom stereocenters. The molecule has 134 valence electrons. The Labute approximate surface area is 168 Å². The van der Waals surface area contributed by atoms with Gasteiger partial charge in [0.1, 0.15) is 0 Å². The standard InChI is InChI=1S/2C8H13Si.CH3.3ClH.V/c2*1-9(2,3)8-6-4-5-7-8;;;;;/h2*4,6H,5H2,1-3H3;1H3;3*1H;. The minimum atomic E-state index is -1.17. The zero-order valence-corrected chi connectivity index (χ0v) is 21.2. The SMILES string of the molecule is Cl.Cl.Cl.[CH3][V]([C]1=C([Si](C)(C)C)C=CC1)[C]1=C([Si](C)(C)C)C=CC1. The van der Waals surface area contributed by atoms with Crippen molar-refractivity contribution in [1.82, 2.24) is 0 Å². The van der Waals surface area contributed by atoms with Crippen molar-refractivity contribution >= 4 is 53.4 Å². The Balaban J connectivity index is 0. The van der Waals surface area contributed by atoms with Gasteiger partial charge < -0.3 is 0 Å². The average molecular weight is 450 g/mol. The van der Waals surface area contributed by atoms with Crippen molar-refractivity contribution in [2.75, 3.05) is 0 Å². The second kappa shape index (κ2) is 9.52. The Hall–Kier alpha value is 0.848. The zero-order chi connectivity index (χ0) is 15.1. The molecule has 0 amide bonds. The number of rotatable bonds is 4. The minimum absolute atomic E-state index is 0. The summed E-state index contributed by atoms with van der Waals surface area (Å²) in [6.45, 7) is 15.0. The van der Waals surface area contributed by atoms with Gasteiger partial charge in [-0.2, -0.15) is 0 Å². The predicted octanol–water partition coefficient (Wildman–Crippen LogP) is 7.10. The maximum atomic E-state index is 2.60. The Morgan fingerprint density at radius 3 is 1.26 bits per heavy atom. The van der Waals surface area contributed by atoms with E-state index in [1.165, 1.54) is 12.8 Å². The quantitative estimate of drug-likeness (QED) is 0.401. The fourth-order valence-electron chi connectivity index (χ4n) is 3.15. The molecule has 0 bridgehead atoms. The summed E-state index contributed by atoms with van der Waals surface area (Å²) < 4.78 is 3.73. The second-order valence-electron chi connectivity index (χ2n) is 7.99. The van der Waals surface area contributed by atoms with E-state index >= 15 is 0 Å². The van der Waals surface area contributed by atoms with Crippen molar-refractivity contribution < 1.29 is 15.2 Å². The van der Waals surface area contributed by atoms with Crippen LogP contribution in [-0.4, -0.2) is 16.1 Å². The van der Waals surface area contributed by atoms with Gasteiger partial charge in [0.2, 0.25) is 0 Å². The molecule has 0 nitrogen and oxygen atoms in total. The van der Waals surface area contributed by atoms with Crippen LogP contribution in [0, 0.1) is 0 Å². The van der Waals surface area contributed by atoms with Crippen LogP contribution in [0.1, 0.15) is 12.8 Å². The van der Waals surface area contributed by atoms with E-state index in [1.54, 1.807) is 10.4 Å². The van der Waals surface area contributed by atoms with Gasteiger partial charge in [0.05, 0.1) is 0 Å². The first kappa shape index (κ1) is 26.1. The fourth-order valence-corrected chi connectivity index (χ4v) is 13.9. The summed E-state index contributed by atoms with van der Waals surface area (Å²) in [6.07, 6.45) is 12.3. The summed E-state index contributed by atoms with van der Waals surface area (Å²) in [7, 11) is -2.34. The number of hydrogen-bond acceptors (Lipinski definition) is 0. The first-order valence-electron chi connectivity index (χ1n) is 7.66. The topological polar surface area (TPSA) is 0 Å². The van der Waals surface area contributed by atoms with E-state index in [4.69, 9.17) is 0 Å². The molecule has 0 aromatic heterocycles. The van der Waals surface area contributed by atoms with Gasteiger partial charge in [0.15, 0.2) is 0 Å². The summed E-state index contributed by atoms with van der Waals surface area (Å²) in [5.41, 5.74) is 2.60. The van der Waals surface area contributed by atoms with Crippen LogP contribution in [-0.2, 0) is 15.2 Å². The molecule has 0 aliphatic heterocycles. The van der Waals surface area contributed by atoms with Crippen molar-refractivity contribution in [3.8, 4) is 0 Å². The molecule has 23 heavy (non-hydrogen) atoms. The molecule has 0 saturated carbocycles. The summed E-state index contributed by atoms with van der Waals surface area (Å²) in [4.78, 5) is 0. The van der Waals surface area contributed by atoms with Crippen molar-refractivity contribution in [2.45, 2.75) is 57.8 Å². The Morgan fingerprint density at radius 2 is 1.00 bits per heavy atom. The molecule has 0 atom stereocenters. The van der Waals surface area contributed by atoms with E-state index in [0.29, 0.717) is 0 Å². The van der Waals surface area contributed by atoms with Crippen LogP contribution in [0.15, 0.2) is 43.3 Å². The number of halogens is 3. The van der Waals surface area contributed by atoms with Crippen LogP contribution in [0.4, 0.5) is 0 Å². The molecule has 0 radical (unpaired) electrons. The summed E-state index contributed by atoms with van der Waals surface area (Å²) >= 11 is -0.997. The third-order valence-electron chi connectivity index (χ3n) is 4.24. The van der Waals surface area contributed by atoms with Crippen molar-refractivity contribution in [2.24, 2.45) is 0 Å². The van der Waals surface area contributed by atoms with Crippen LogP contribution in [0.2, 0.25) is 44.9 Å². The Bertz CT molecular complexity index is 487. The monoisotopic (exact) mass is 448 g/mol. The van der Waals surface area contributed by atoms with Crippen molar-refractivity contribution in [3.05, 3.63) is 43.3 Å². The Morgan fingerprint density at radius 1 is 0.696 bits per heavy atom. The normalized spacial score (nSPS) is 17.4. The van der Waals surface area contributed by atoms with Crippen LogP contribution < -0.4 is 0 Å².